The van der Waals surface area contributed by atoms with Gasteiger partial charge in [0.2, 0.25) is 5.91 Å². The minimum absolute atomic E-state index is 0. The van der Waals surface area contributed by atoms with Crippen molar-refractivity contribution in [2.45, 2.75) is 13.3 Å². The third kappa shape index (κ3) is 9.43. The summed E-state index contributed by atoms with van der Waals surface area (Å²) < 4.78 is 5.56. The number of hydrogen-bond acceptors (Lipinski definition) is 3. The van der Waals surface area contributed by atoms with Crippen LogP contribution in [0.4, 0.5) is 0 Å². The van der Waals surface area contributed by atoms with Crippen molar-refractivity contribution >= 4 is 35.8 Å². The lowest BCUT2D eigenvalue weighted by Crippen LogP contribution is -2.44. The number of nitrogens with one attached hydrogen (secondary N) is 3. The van der Waals surface area contributed by atoms with Gasteiger partial charge in [0.15, 0.2) is 5.96 Å². The zero-order valence-electron chi connectivity index (χ0n) is 13.1. The highest BCUT2D eigenvalue weighted by molar-refractivity contribution is 14.0. The number of aliphatic imine (C=N–C) groups is 1. The maximum absolute atomic E-state index is 11.5. The van der Waals surface area contributed by atoms with E-state index in [9.17, 15) is 4.79 Å². The van der Waals surface area contributed by atoms with Crippen molar-refractivity contribution in [1.29, 1.82) is 0 Å². The molecular formula is C15H25IN4O2. The van der Waals surface area contributed by atoms with Gasteiger partial charge in [-0.1, -0.05) is 25.1 Å². The summed E-state index contributed by atoms with van der Waals surface area (Å²) in [6.07, 6.45) is 0.926. The van der Waals surface area contributed by atoms with Crippen molar-refractivity contribution in [3.8, 4) is 5.75 Å². The zero-order valence-corrected chi connectivity index (χ0v) is 15.4. The Bertz CT molecular complexity index is 440. The number of rotatable bonds is 8. The number of carbonyl (C=O) groups excluding carboxylic acids is 1. The Balaban J connectivity index is 0.00000441. The number of guanidine groups is 1. The Labute approximate surface area is 149 Å². The first-order chi connectivity index (χ1) is 10.3. The van der Waals surface area contributed by atoms with E-state index in [0.29, 0.717) is 25.7 Å². The first-order valence-corrected chi connectivity index (χ1v) is 7.15. The van der Waals surface area contributed by atoms with Gasteiger partial charge in [-0.15, -0.1) is 24.0 Å². The van der Waals surface area contributed by atoms with Crippen LogP contribution < -0.4 is 20.7 Å². The van der Waals surface area contributed by atoms with E-state index in [0.717, 1.165) is 12.2 Å². The molecule has 124 valence electrons. The molecule has 0 saturated heterocycles. The molecule has 0 aliphatic rings. The summed E-state index contributed by atoms with van der Waals surface area (Å²) in [6.45, 7) is 4.04. The molecule has 1 rings (SSSR count). The molecule has 0 radical (unpaired) electrons. The Morgan fingerprint density at radius 2 is 1.86 bits per heavy atom. The lowest BCUT2D eigenvalue weighted by molar-refractivity contribution is -0.120. The largest absolute Gasteiger partial charge is 0.492 e. The fraction of sp³-hybridized carbons (Fsp3) is 0.467. The maximum atomic E-state index is 11.5. The Morgan fingerprint density at radius 1 is 1.14 bits per heavy atom. The van der Waals surface area contributed by atoms with Gasteiger partial charge in [0, 0.05) is 13.6 Å². The molecule has 0 bridgehead atoms. The van der Waals surface area contributed by atoms with Gasteiger partial charge in [-0.3, -0.25) is 9.79 Å². The van der Waals surface area contributed by atoms with Crippen molar-refractivity contribution in [2.24, 2.45) is 4.99 Å². The lowest BCUT2D eigenvalue weighted by Gasteiger charge is -2.12. The normalized spacial score (nSPS) is 10.4. The molecule has 0 aliphatic carbocycles. The molecule has 0 heterocycles. The van der Waals surface area contributed by atoms with Gasteiger partial charge < -0.3 is 20.7 Å². The fourth-order valence-corrected chi connectivity index (χ4v) is 1.57. The van der Waals surface area contributed by atoms with Gasteiger partial charge in [0.1, 0.15) is 12.4 Å². The smallest absolute Gasteiger partial charge is 0.239 e. The Morgan fingerprint density at radius 3 is 2.50 bits per heavy atom. The van der Waals surface area contributed by atoms with E-state index in [1.807, 2.05) is 37.3 Å². The lowest BCUT2D eigenvalue weighted by atomic mass is 10.3. The molecule has 0 aliphatic heterocycles. The van der Waals surface area contributed by atoms with E-state index in [1.165, 1.54) is 0 Å². The molecule has 7 heteroatoms. The Kier molecular flexibility index (Phi) is 12.3. The summed E-state index contributed by atoms with van der Waals surface area (Å²) >= 11 is 0. The minimum Gasteiger partial charge on any atom is -0.492 e. The molecule has 0 spiro atoms. The summed E-state index contributed by atoms with van der Waals surface area (Å²) in [6, 6.07) is 9.62. The van der Waals surface area contributed by atoms with Crippen molar-refractivity contribution in [3.63, 3.8) is 0 Å². The van der Waals surface area contributed by atoms with E-state index in [1.54, 1.807) is 7.05 Å². The SMILES string of the molecule is CCCNC(=O)CNC(=NC)NCCOc1ccccc1.I. The van der Waals surface area contributed by atoms with Crippen molar-refractivity contribution in [1.82, 2.24) is 16.0 Å². The van der Waals surface area contributed by atoms with Gasteiger partial charge in [0.05, 0.1) is 13.1 Å². The molecule has 0 atom stereocenters. The van der Waals surface area contributed by atoms with Crippen LogP contribution in [0.2, 0.25) is 0 Å². The highest BCUT2D eigenvalue weighted by Gasteiger charge is 2.02. The number of halogens is 1. The van der Waals surface area contributed by atoms with Crippen LogP contribution in [0.15, 0.2) is 35.3 Å². The van der Waals surface area contributed by atoms with Gasteiger partial charge >= 0.3 is 0 Å². The van der Waals surface area contributed by atoms with Crippen molar-refractivity contribution < 1.29 is 9.53 Å². The van der Waals surface area contributed by atoms with Crippen LogP contribution in [0.25, 0.3) is 0 Å². The number of benzene rings is 1. The molecule has 0 saturated carbocycles. The second kappa shape index (κ2) is 13.2. The van der Waals surface area contributed by atoms with Crippen LogP contribution in [-0.4, -0.2) is 45.2 Å². The summed E-state index contributed by atoms with van der Waals surface area (Å²) in [5.74, 6) is 1.37. The van der Waals surface area contributed by atoms with Crippen LogP contribution in [0.1, 0.15) is 13.3 Å². The summed E-state index contributed by atoms with van der Waals surface area (Å²) in [7, 11) is 1.66. The van der Waals surface area contributed by atoms with Crippen molar-refractivity contribution in [2.75, 3.05) is 33.3 Å². The highest BCUT2D eigenvalue weighted by Crippen LogP contribution is 2.07. The molecule has 1 amide bonds. The van der Waals surface area contributed by atoms with Crippen LogP contribution in [-0.2, 0) is 4.79 Å². The minimum atomic E-state index is -0.0414. The average molecular weight is 420 g/mol. The second-order valence-corrected chi connectivity index (χ2v) is 4.36. The first kappa shape index (κ1) is 20.5. The molecule has 6 nitrogen and oxygen atoms in total. The van der Waals surface area contributed by atoms with E-state index < -0.39 is 0 Å². The second-order valence-electron chi connectivity index (χ2n) is 4.36. The first-order valence-electron chi connectivity index (χ1n) is 7.15. The third-order valence-corrected chi connectivity index (χ3v) is 2.62. The van der Waals surface area contributed by atoms with Crippen LogP contribution in [0.5, 0.6) is 5.75 Å². The fourth-order valence-electron chi connectivity index (χ4n) is 1.57. The molecule has 1 aromatic rings. The zero-order chi connectivity index (χ0) is 15.3. The summed E-state index contributed by atoms with van der Waals surface area (Å²) in [5, 5.41) is 8.82. The van der Waals surface area contributed by atoms with Gasteiger partial charge in [-0.05, 0) is 18.6 Å². The van der Waals surface area contributed by atoms with Crippen LogP contribution in [0, 0.1) is 0 Å². The molecular weight excluding hydrogens is 395 g/mol. The number of nitrogens with zero attached hydrogens (tertiary/aromatic N) is 1. The third-order valence-electron chi connectivity index (χ3n) is 2.62. The molecule has 0 fully saturated rings. The van der Waals surface area contributed by atoms with E-state index >= 15 is 0 Å². The van der Waals surface area contributed by atoms with E-state index in [-0.39, 0.29) is 36.4 Å². The van der Waals surface area contributed by atoms with Crippen LogP contribution in [0.3, 0.4) is 0 Å². The van der Waals surface area contributed by atoms with Crippen molar-refractivity contribution in [3.05, 3.63) is 30.3 Å². The van der Waals surface area contributed by atoms with Gasteiger partial charge in [-0.2, -0.15) is 0 Å². The number of amides is 1. The summed E-state index contributed by atoms with van der Waals surface area (Å²) in [4.78, 5) is 15.5. The molecule has 22 heavy (non-hydrogen) atoms. The maximum Gasteiger partial charge on any atom is 0.239 e. The summed E-state index contributed by atoms with van der Waals surface area (Å²) in [5.41, 5.74) is 0. The quantitative estimate of drug-likeness (QED) is 0.257. The van der Waals surface area contributed by atoms with E-state index in [4.69, 9.17) is 4.74 Å². The number of para-hydroxylation sites is 1. The molecule has 3 N–H and O–H groups in total. The van der Waals surface area contributed by atoms with Gasteiger partial charge in [-0.25, -0.2) is 0 Å². The number of hydrogen-bond donors (Lipinski definition) is 3. The standard InChI is InChI=1S/C15H24N4O2.HI/c1-3-9-17-14(20)12-19-15(16-2)18-10-11-21-13-7-5-4-6-8-13;/h4-8H,3,9-12H2,1-2H3,(H,17,20)(H2,16,18,19);1H. The molecule has 0 aromatic heterocycles. The molecule has 1 aromatic carbocycles. The predicted octanol–water partition coefficient (Wildman–Crippen LogP) is 1.37. The monoisotopic (exact) mass is 420 g/mol. The molecule has 0 unspecified atom stereocenters. The number of ether oxygens (including phenoxy) is 1. The number of carbonyl (C=O) groups is 1. The Hall–Kier alpha value is -1.51. The van der Waals surface area contributed by atoms with Crippen LogP contribution >= 0.6 is 24.0 Å². The average Bonchev–Trinajstić information content (AvgIpc) is 2.53. The highest BCUT2D eigenvalue weighted by atomic mass is 127. The predicted molar refractivity (Wildman–Crippen MR) is 100 cm³/mol. The van der Waals surface area contributed by atoms with Gasteiger partial charge in [0.25, 0.3) is 0 Å². The topological polar surface area (TPSA) is 74.8 Å². The van der Waals surface area contributed by atoms with E-state index in [2.05, 4.69) is 20.9 Å².